The molecule has 1 aromatic rings. The summed E-state index contributed by atoms with van der Waals surface area (Å²) in [6.07, 6.45) is 6.61. The van der Waals surface area contributed by atoms with Gasteiger partial charge in [0.2, 0.25) is 0 Å². The maximum atomic E-state index is 9.06. The number of hydrogen-bond donors (Lipinski definition) is 0. The standard InChI is InChI=1S/C13H20N4/c1-4-5-6-7-17(11(2)3)13-12(8-14)9-15-10-16-13/h9-11H,4-7H2,1-3H3. The third kappa shape index (κ3) is 3.70. The highest BCUT2D eigenvalue weighted by Crippen LogP contribution is 2.18. The van der Waals surface area contributed by atoms with Gasteiger partial charge in [-0.15, -0.1) is 0 Å². The van der Waals surface area contributed by atoms with Crippen molar-refractivity contribution in [3.8, 4) is 6.07 Å². The van der Waals surface area contributed by atoms with Gasteiger partial charge in [0.15, 0.2) is 0 Å². The molecule has 0 aliphatic heterocycles. The molecule has 0 saturated heterocycles. The maximum Gasteiger partial charge on any atom is 0.150 e. The van der Waals surface area contributed by atoms with Crippen molar-refractivity contribution in [3.05, 3.63) is 18.1 Å². The monoisotopic (exact) mass is 232 g/mol. The van der Waals surface area contributed by atoms with Gasteiger partial charge in [0.1, 0.15) is 23.8 Å². The fourth-order valence-electron chi connectivity index (χ4n) is 1.77. The van der Waals surface area contributed by atoms with Gasteiger partial charge in [0, 0.05) is 12.6 Å². The van der Waals surface area contributed by atoms with E-state index >= 15 is 0 Å². The summed E-state index contributed by atoms with van der Waals surface area (Å²) in [6, 6.07) is 2.50. The van der Waals surface area contributed by atoms with Crippen LogP contribution in [0.1, 0.15) is 45.6 Å². The summed E-state index contributed by atoms with van der Waals surface area (Å²) in [5.74, 6) is 0.758. The first-order valence-electron chi connectivity index (χ1n) is 6.17. The van der Waals surface area contributed by atoms with Crippen molar-refractivity contribution >= 4 is 5.82 Å². The Morgan fingerprint density at radius 3 is 2.76 bits per heavy atom. The topological polar surface area (TPSA) is 52.8 Å². The average Bonchev–Trinajstić information content (AvgIpc) is 2.34. The van der Waals surface area contributed by atoms with Gasteiger partial charge in [-0.2, -0.15) is 5.26 Å². The van der Waals surface area contributed by atoms with Crippen LogP contribution in [0.4, 0.5) is 5.82 Å². The lowest BCUT2D eigenvalue weighted by Crippen LogP contribution is -2.33. The first kappa shape index (κ1) is 13.4. The van der Waals surface area contributed by atoms with Crippen molar-refractivity contribution in [1.29, 1.82) is 5.26 Å². The molecule has 92 valence electrons. The zero-order chi connectivity index (χ0) is 12.7. The minimum absolute atomic E-state index is 0.342. The molecule has 0 bridgehead atoms. The molecule has 0 unspecified atom stereocenters. The summed E-state index contributed by atoms with van der Waals surface area (Å²) < 4.78 is 0. The normalized spacial score (nSPS) is 10.3. The minimum atomic E-state index is 0.342. The van der Waals surface area contributed by atoms with Gasteiger partial charge < -0.3 is 4.90 Å². The van der Waals surface area contributed by atoms with Crippen molar-refractivity contribution in [2.75, 3.05) is 11.4 Å². The van der Waals surface area contributed by atoms with Gasteiger partial charge in [-0.05, 0) is 20.3 Å². The molecule has 1 heterocycles. The summed E-state index contributed by atoms with van der Waals surface area (Å²) in [4.78, 5) is 10.3. The van der Waals surface area contributed by atoms with Crippen LogP contribution in [0.3, 0.4) is 0 Å². The van der Waals surface area contributed by atoms with Crippen LogP contribution in [0, 0.1) is 11.3 Å². The van der Waals surface area contributed by atoms with E-state index in [2.05, 4.69) is 41.7 Å². The molecule has 0 fully saturated rings. The number of nitrogens with zero attached hydrogens (tertiary/aromatic N) is 4. The van der Waals surface area contributed by atoms with Gasteiger partial charge in [0.25, 0.3) is 0 Å². The Bertz CT molecular complexity index is 381. The zero-order valence-electron chi connectivity index (χ0n) is 10.8. The highest BCUT2D eigenvalue weighted by molar-refractivity contribution is 5.52. The number of hydrogen-bond acceptors (Lipinski definition) is 4. The van der Waals surface area contributed by atoms with Crippen molar-refractivity contribution in [1.82, 2.24) is 9.97 Å². The predicted octanol–water partition coefficient (Wildman–Crippen LogP) is 2.75. The van der Waals surface area contributed by atoms with Crippen LogP contribution in [0.2, 0.25) is 0 Å². The van der Waals surface area contributed by atoms with E-state index in [1.807, 2.05) is 0 Å². The Morgan fingerprint density at radius 1 is 1.41 bits per heavy atom. The third-order valence-electron chi connectivity index (χ3n) is 2.71. The van der Waals surface area contributed by atoms with Crippen LogP contribution in [0.25, 0.3) is 0 Å². The number of anilines is 1. The summed E-state index contributed by atoms with van der Waals surface area (Å²) in [6.45, 7) is 7.37. The van der Waals surface area contributed by atoms with E-state index in [0.29, 0.717) is 11.6 Å². The van der Waals surface area contributed by atoms with Crippen LogP contribution >= 0.6 is 0 Å². The van der Waals surface area contributed by atoms with Gasteiger partial charge in [-0.3, -0.25) is 0 Å². The summed E-state index contributed by atoms with van der Waals surface area (Å²) in [7, 11) is 0. The van der Waals surface area contributed by atoms with E-state index in [-0.39, 0.29) is 0 Å². The molecule has 4 heteroatoms. The molecule has 0 atom stereocenters. The smallest absolute Gasteiger partial charge is 0.150 e. The van der Waals surface area contributed by atoms with E-state index in [4.69, 9.17) is 5.26 Å². The molecule has 1 aromatic heterocycles. The predicted molar refractivity (Wildman–Crippen MR) is 68.8 cm³/mol. The molecule has 4 nitrogen and oxygen atoms in total. The lowest BCUT2D eigenvalue weighted by molar-refractivity contribution is 0.618. The van der Waals surface area contributed by atoms with E-state index < -0.39 is 0 Å². The van der Waals surface area contributed by atoms with E-state index in [1.165, 1.54) is 19.2 Å². The molecule has 0 amide bonds. The van der Waals surface area contributed by atoms with E-state index in [9.17, 15) is 0 Å². The van der Waals surface area contributed by atoms with Gasteiger partial charge in [-0.25, -0.2) is 9.97 Å². The Labute approximate surface area is 103 Å². The maximum absolute atomic E-state index is 9.06. The van der Waals surface area contributed by atoms with E-state index in [1.54, 1.807) is 6.20 Å². The average molecular weight is 232 g/mol. The minimum Gasteiger partial charge on any atom is -0.353 e. The lowest BCUT2D eigenvalue weighted by Gasteiger charge is -2.28. The molecule has 0 aromatic carbocycles. The van der Waals surface area contributed by atoms with Crippen molar-refractivity contribution in [2.45, 2.75) is 46.1 Å². The van der Waals surface area contributed by atoms with Gasteiger partial charge in [-0.1, -0.05) is 19.8 Å². The molecule has 0 aliphatic rings. The summed E-state index contributed by atoms with van der Waals surface area (Å²) in [5.41, 5.74) is 0.553. The Hall–Kier alpha value is -1.63. The largest absolute Gasteiger partial charge is 0.353 e. The second-order valence-corrected chi connectivity index (χ2v) is 4.37. The highest BCUT2D eigenvalue weighted by atomic mass is 15.2. The van der Waals surface area contributed by atoms with E-state index in [0.717, 1.165) is 18.8 Å². The molecule has 0 N–H and O–H groups in total. The molecule has 0 radical (unpaired) electrons. The molecule has 1 rings (SSSR count). The first-order valence-corrected chi connectivity index (χ1v) is 6.17. The SMILES string of the molecule is CCCCCN(c1ncncc1C#N)C(C)C. The van der Waals surface area contributed by atoms with Crippen LogP contribution in [-0.4, -0.2) is 22.6 Å². The Kier molecular flexibility index (Phi) is 5.41. The second-order valence-electron chi connectivity index (χ2n) is 4.37. The fraction of sp³-hybridized carbons (Fsp3) is 0.615. The molecular weight excluding hydrogens is 212 g/mol. The number of nitriles is 1. The Morgan fingerprint density at radius 2 is 2.18 bits per heavy atom. The lowest BCUT2D eigenvalue weighted by atomic mass is 10.2. The fourth-order valence-corrected chi connectivity index (χ4v) is 1.77. The van der Waals surface area contributed by atoms with Crippen LogP contribution in [-0.2, 0) is 0 Å². The molecule has 0 spiro atoms. The Balaban J connectivity index is 2.86. The highest BCUT2D eigenvalue weighted by Gasteiger charge is 2.15. The number of aromatic nitrogens is 2. The third-order valence-corrected chi connectivity index (χ3v) is 2.71. The molecular formula is C13H20N4. The first-order chi connectivity index (χ1) is 8.20. The van der Waals surface area contributed by atoms with Crippen molar-refractivity contribution in [2.24, 2.45) is 0 Å². The molecule has 0 aliphatic carbocycles. The number of rotatable bonds is 6. The summed E-state index contributed by atoms with van der Waals surface area (Å²) in [5, 5.41) is 9.06. The van der Waals surface area contributed by atoms with Crippen molar-refractivity contribution in [3.63, 3.8) is 0 Å². The zero-order valence-corrected chi connectivity index (χ0v) is 10.8. The van der Waals surface area contributed by atoms with Crippen molar-refractivity contribution < 1.29 is 0 Å². The summed E-state index contributed by atoms with van der Waals surface area (Å²) >= 11 is 0. The quantitative estimate of drug-likeness (QED) is 0.708. The number of unbranched alkanes of at least 4 members (excludes halogenated alkanes) is 2. The molecule has 0 saturated carbocycles. The molecule has 17 heavy (non-hydrogen) atoms. The van der Waals surface area contributed by atoms with Crippen LogP contribution in [0.15, 0.2) is 12.5 Å². The van der Waals surface area contributed by atoms with Crippen LogP contribution in [0.5, 0.6) is 0 Å². The van der Waals surface area contributed by atoms with Gasteiger partial charge >= 0.3 is 0 Å². The second kappa shape index (κ2) is 6.85. The van der Waals surface area contributed by atoms with Crippen LogP contribution < -0.4 is 4.90 Å². The van der Waals surface area contributed by atoms with Gasteiger partial charge in [0.05, 0.1) is 6.20 Å².